The van der Waals surface area contributed by atoms with Crippen molar-refractivity contribution in [3.8, 4) is 11.6 Å². The van der Waals surface area contributed by atoms with Crippen molar-refractivity contribution >= 4 is 23.4 Å². The average molecular weight is 372 g/mol. The smallest absolute Gasteiger partial charge is 0.234 e. The molecule has 0 bridgehead atoms. The summed E-state index contributed by atoms with van der Waals surface area (Å²) < 4.78 is 9.01. The lowest BCUT2D eigenvalue weighted by atomic mass is 10.3. The number of allylic oxidation sites excluding steroid dienone is 1. The molecule has 0 fully saturated rings. The fourth-order valence-corrected chi connectivity index (χ4v) is 3.29. The molecule has 26 heavy (non-hydrogen) atoms. The normalized spacial score (nSPS) is 10.9. The topological polar surface area (TPSA) is 90.8 Å². The molecular weight excluding hydrogens is 352 g/mol. The zero-order valence-electron chi connectivity index (χ0n) is 14.9. The van der Waals surface area contributed by atoms with Gasteiger partial charge in [0.25, 0.3) is 0 Å². The number of aryl methyl sites for hydroxylation is 2. The van der Waals surface area contributed by atoms with Gasteiger partial charge in [0, 0.05) is 13.6 Å². The molecule has 0 aliphatic carbocycles. The van der Waals surface area contributed by atoms with E-state index in [2.05, 4.69) is 27.2 Å². The van der Waals surface area contributed by atoms with Crippen molar-refractivity contribution in [1.82, 2.24) is 24.5 Å². The summed E-state index contributed by atoms with van der Waals surface area (Å²) in [5.74, 6) is 1.32. The van der Waals surface area contributed by atoms with Gasteiger partial charge in [0.15, 0.2) is 10.9 Å². The lowest BCUT2D eigenvalue weighted by Gasteiger charge is -2.07. The molecule has 0 aliphatic rings. The molecule has 1 amide bonds. The van der Waals surface area contributed by atoms with Crippen LogP contribution in [0.15, 0.2) is 40.6 Å². The number of rotatable bonds is 7. The van der Waals surface area contributed by atoms with Crippen molar-refractivity contribution in [2.75, 3.05) is 11.1 Å². The van der Waals surface area contributed by atoms with Crippen molar-refractivity contribution in [3.05, 3.63) is 42.4 Å². The average Bonchev–Trinajstić information content (AvgIpc) is 3.31. The first kappa shape index (κ1) is 18.0. The SMILES string of the molecule is C=CCn1c(SCC(=O)Nc2c(C)nn(C)c2C)nnc1-c1ccco1. The first-order valence-corrected chi connectivity index (χ1v) is 9.00. The molecule has 136 valence electrons. The minimum Gasteiger partial charge on any atom is -0.461 e. The number of hydrogen-bond donors (Lipinski definition) is 1. The van der Waals surface area contributed by atoms with Crippen molar-refractivity contribution < 1.29 is 9.21 Å². The van der Waals surface area contributed by atoms with Gasteiger partial charge in [-0.15, -0.1) is 16.8 Å². The molecule has 3 heterocycles. The third kappa shape index (κ3) is 3.57. The van der Waals surface area contributed by atoms with Crippen LogP contribution in [0.3, 0.4) is 0 Å². The third-order valence-corrected chi connectivity index (χ3v) is 4.84. The van der Waals surface area contributed by atoms with Gasteiger partial charge < -0.3 is 9.73 Å². The molecule has 1 N–H and O–H groups in total. The minimum absolute atomic E-state index is 0.123. The maximum absolute atomic E-state index is 12.3. The van der Waals surface area contributed by atoms with E-state index >= 15 is 0 Å². The number of amides is 1. The van der Waals surface area contributed by atoms with Crippen LogP contribution in [0, 0.1) is 13.8 Å². The predicted molar refractivity (Wildman–Crippen MR) is 100.0 cm³/mol. The predicted octanol–water partition coefficient (Wildman–Crippen LogP) is 2.81. The van der Waals surface area contributed by atoms with Crippen molar-refractivity contribution in [3.63, 3.8) is 0 Å². The Balaban J connectivity index is 1.71. The Kier molecular flexibility index (Phi) is 5.27. The molecule has 9 heteroatoms. The quantitative estimate of drug-likeness (QED) is 0.507. The Labute approximate surface area is 155 Å². The zero-order valence-corrected chi connectivity index (χ0v) is 15.7. The third-order valence-electron chi connectivity index (χ3n) is 3.88. The van der Waals surface area contributed by atoms with E-state index in [4.69, 9.17) is 4.42 Å². The fourth-order valence-electron chi connectivity index (χ4n) is 2.54. The van der Waals surface area contributed by atoms with E-state index in [9.17, 15) is 4.79 Å². The van der Waals surface area contributed by atoms with Crippen LogP contribution in [-0.4, -0.2) is 36.2 Å². The maximum Gasteiger partial charge on any atom is 0.234 e. The minimum atomic E-state index is -0.123. The van der Waals surface area contributed by atoms with Crippen molar-refractivity contribution in [1.29, 1.82) is 0 Å². The van der Waals surface area contributed by atoms with Gasteiger partial charge in [-0.2, -0.15) is 5.10 Å². The Morgan fingerprint density at radius 3 is 2.85 bits per heavy atom. The van der Waals surface area contributed by atoms with E-state index in [1.54, 1.807) is 23.1 Å². The molecule has 3 aromatic heterocycles. The summed E-state index contributed by atoms with van der Waals surface area (Å²) in [4.78, 5) is 12.3. The molecule has 0 spiro atoms. The van der Waals surface area contributed by atoms with Crippen molar-refractivity contribution in [2.45, 2.75) is 25.5 Å². The second-order valence-electron chi connectivity index (χ2n) is 5.69. The molecule has 0 unspecified atom stereocenters. The molecule has 3 aromatic rings. The highest BCUT2D eigenvalue weighted by molar-refractivity contribution is 7.99. The van der Waals surface area contributed by atoms with Crippen LogP contribution in [0.2, 0.25) is 0 Å². The first-order valence-electron chi connectivity index (χ1n) is 8.02. The summed E-state index contributed by atoms with van der Waals surface area (Å²) in [5.41, 5.74) is 2.45. The number of nitrogens with one attached hydrogen (secondary N) is 1. The number of nitrogens with zero attached hydrogens (tertiary/aromatic N) is 5. The Morgan fingerprint density at radius 1 is 1.42 bits per heavy atom. The van der Waals surface area contributed by atoms with E-state index < -0.39 is 0 Å². The van der Waals surface area contributed by atoms with Gasteiger partial charge in [-0.25, -0.2) is 0 Å². The Bertz CT molecular complexity index is 926. The number of carbonyl (C=O) groups is 1. The lowest BCUT2D eigenvalue weighted by Crippen LogP contribution is -2.15. The van der Waals surface area contributed by atoms with Gasteiger partial charge in [-0.3, -0.25) is 14.0 Å². The monoisotopic (exact) mass is 372 g/mol. The molecule has 0 atom stereocenters. The van der Waals surface area contributed by atoms with E-state index in [-0.39, 0.29) is 11.7 Å². The highest BCUT2D eigenvalue weighted by Crippen LogP contribution is 2.25. The highest BCUT2D eigenvalue weighted by atomic mass is 32.2. The van der Waals surface area contributed by atoms with Gasteiger partial charge in [0.2, 0.25) is 11.7 Å². The van der Waals surface area contributed by atoms with Gasteiger partial charge in [0.05, 0.1) is 29.1 Å². The van der Waals surface area contributed by atoms with Gasteiger partial charge in [0.1, 0.15) is 0 Å². The summed E-state index contributed by atoms with van der Waals surface area (Å²) >= 11 is 1.31. The lowest BCUT2D eigenvalue weighted by molar-refractivity contribution is -0.113. The molecule has 8 nitrogen and oxygen atoms in total. The molecular formula is C17H20N6O2S. The molecule has 0 saturated heterocycles. The zero-order chi connectivity index (χ0) is 18.7. The standard InChI is InChI=1S/C17H20N6O2S/c1-5-8-23-16(13-7-6-9-25-13)19-20-17(23)26-10-14(24)18-15-11(2)21-22(4)12(15)3/h5-7,9H,1,8,10H2,2-4H3,(H,18,24). The van der Waals surface area contributed by atoms with Crippen LogP contribution in [-0.2, 0) is 18.4 Å². The maximum atomic E-state index is 12.3. The van der Waals surface area contributed by atoms with E-state index in [1.807, 2.05) is 31.5 Å². The van der Waals surface area contributed by atoms with Crippen LogP contribution in [0.25, 0.3) is 11.6 Å². The summed E-state index contributed by atoms with van der Waals surface area (Å²) in [6.07, 6.45) is 3.34. The van der Waals surface area contributed by atoms with Crippen LogP contribution in [0.5, 0.6) is 0 Å². The number of furan rings is 1. The van der Waals surface area contributed by atoms with E-state index in [1.165, 1.54) is 11.8 Å². The van der Waals surface area contributed by atoms with Crippen LogP contribution < -0.4 is 5.32 Å². The largest absolute Gasteiger partial charge is 0.461 e. The molecule has 3 rings (SSSR count). The highest BCUT2D eigenvalue weighted by Gasteiger charge is 2.18. The number of aromatic nitrogens is 5. The Morgan fingerprint density at radius 2 is 2.23 bits per heavy atom. The van der Waals surface area contributed by atoms with Gasteiger partial charge in [-0.1, -0.05) is 17.8 Å². The second kappa shape index (κ2) is 7.61. The van der Waals surface area contributed by atoms with Crippen molar-refractivity contribution in [2.24, 2.45) is 7.05 Å². The van der Waals surface area contributed by atoms with E-state index in [0.29, 0.717) is 23.3 Å². The molecule has 0 aromatic carbocycles. The van der Waals surface area contributed by atoms with Gasteiger partial charge >= 0.3 is 0 Å². The molecule has 0 aliphatic heterocycles. The second-order valence-corrected chi connectivity index (χ2v) is 6.63. The number of hydrogen-bond acceptors (Lipinski definition) is 6. The van der Waals surface area contributed by atoms with Gasteiger partial charge in [-0.05, 0) is 26.0 Å². The number of anilines is 1. The first-order chi connectivity index (χ1) is 12.5. The summed E-state index contributed by atoms with van der Waals surface area (Å²) in [6, 6.07) is 3.61. The summed E-state index contributed by atoms with van der Waals surface area (Å²) in [6.45, 7) is 8.07. The van der Waals surface area contributed by atoms with Crippen LogP contribution in [0.1, 0.15) is 11.4 Å². The Hall–Kier alpha value is -2.81. The molecule has 0 radical (unpaired) electrons. The fraction of sp³-hybridized carbons (Fsp3) is 0.294. The summed E-state index contributed by atoms with van der Waals surface area (Å²) in [5, 5.41) is 16.2. The van der Waals surface area contributed by atoms with Crippen LogP contribution in [0.4, 0.5) is 5.69 Å². The summed E-state index contributed by atoms with van der Waals surface area (Å²) in [7, 11) is 1.85. The van der Waals surface area contributed by atoms with Crippen LogP contribution >= 0.6 is 11.8 Å². The number of thioether (sulfide) groups is 1. The number of carbonyl (C=O) groups excluding carboxylic acids is 1. The van der Waals surface area contributed by atoms with E-state index in [0.717, 1.165) is 17.1 Å². The molecule has 0 saturated carbocycles.